The van der Waals surface area contributed by atoms with E-state index in [0.717, 1.165) is 10.2 Å². The number of carbonyl (C=O) groups is 3. The maximum absolute atomic E-state index is 14.9. The van der Waals surface area contributed by atoms with Gasteiger partial charge in [0.1, 0.15) is 5.60 Å². The molecule has 1 atom stereocenters. The zero-order valence-electron chi connectivity index (χ0n) is 22.8. The Hall–Kier alpha value is -3.30. The molecule has 1 heterocycles. The Bertz CT molecular complexity index is 1180. The molecule has 0 aliphatic heterocycles. The fourth-order valence-electron chi connectivity index (χ4n) is 4.23. The Kier molecular flexibility index (Phi) is 8.33. The minimum Gasteiger partial charge on any atom is -0.470 e. The number of aromatic nitrogens is 2. The monoisotopic (exact) mass is 534 g/mol. The normalized spacial score (nSPS) is 16.3. The average molecular weight is 535 g/mol. The van der Waals surface area contributed by atoms with Crippen LogP contribution in [-0.2, 0) is 30.9 Å². The topological polar surface area (TPSA) is 96.7 Å². The lowest BCUT2D eigenvalue weighted by atomic mass is 9.76. The molecule has 8 nitrogen and oxygen atoms in total. The van der Waals surface area contributed by atoms with E-state index in [-0.39, 0.29) is 24.2 Å². The van der Waals surface area contributed by atoms with Crippen LogP contribution in [0.4, 0.5) is 8.78 Å². The van der Waals surface area contributed by atoms with Crippen molar-refractivity contribution in [3.63, 3.8) is 0 Å². The van der Waals surface area contributed by atoms with Crippen LogP contribution in [0.15, 0.2) is 36.5 Å². The molecule has 1 fully saturated rings. The number of nitrogens with zero attached hydrogens (tertiary/aromatic N) is 2. The number of rotatable bonds is 11. The smallest absolute Gasteiger partial charge is 0.316 e. The van der Waals surface area contributed by atoms with E-state index < -0.39 is 41.4 Å². The van der Waals surface area contributed by atoms with Gasteiger partial charge in [0, 0.05) is 25.6 Å². The number of hydrogen-bond acceptors (Lipinski definition) is 7. The van der Waals surface area contributed by atoms with Gasteiger partial charge in [0.2, 0.25) is 11.8 Å². The molecule has 1 saturated carbocycles. The van der Waals surface area contributed by atoms with Gasteiger partial charge in [0.25, 0.3) is 5.92 Å². The standard InChI is InChI=1S/C28H36F2N2O6/c1-19(33)32-15-10-22(31-32)37-18-28(29,30)14-11-26(5,23(34)38-25(2,3)4)21-9-7-8-20(16-21)17-27(12-13-27)24(35)36-6/h7-10,15-16H,11-14,17-18H2,1-6H3. The molecule has 1 aromatic carbocycles. The highest BCUT2D eigenvalue weighted by atomic mass is 19.3. The third-order valence-electron chi connectivity index (χ3n) is 6.74. The van der Waals surface area contributed by atoms with Gasteiger partial charge < -0.3 is 14.2 Å². The van der Waals surface area contributed by atoms with Crippen molar-refractivity contribution in [1.82, 2.24) is 9.78 Å². The number of esters is 2. The summed E-state index contributed by atoms with van der Waals surface area (Å²) in [6.45, 7) is 7.08. The first-order valence-corrected chi connectivity index (χ1v) is 12.6. The van der Waals surface area contributed by atoms with Crippen molar-refractivity contribution in [1.29, 1.82) is 0 Å². The summed E-state index contributed by atoms with van der Waals surface area (Å²) >= 11 is 0. The molecule has 10 heteroatoms. The van der Waals surface area contributed by atoms with Crippen LogP contribution < -0.4 is 4.74 Å². The quantitative estimate of drug-likeness (QED) is 0.369. The SMILES string of the molecule is COC(=O)C1(Cc2cccc(C(C)(CCC(F)(F)COc3ccn(C(C)=O)n3)C(=O)OC(C)(C)C)c2)CC1. The molecule has 0 bridgehead atoms. The highest BCUT2D eigenvalue weighted by Gasteiger charge is 2.51. The van der Waals surface area contributed by atoms with Crippen LogP contribution in [0.2, 0.25) is 0 Å². The second-order valence-corrected chi connectivity index (χ2v) is 11.2. The van der Waals surface area contributed by atoms with Crippen molar-refractivity contribution in [3.05, 3.63) is 47.7 Å². The van der Waals surface area contributed by atoms with Crippen LogP contribution in [0.5, 0.6) is 5.88 Å². The lowest BCUT2D eigenvalue weighted by molar-refractivity contribution is -0.162. The van der Waals surface area contributed by atoms with Crippen molar-refractivity contribution in [2.45, 2.75) is 83.7 Å². The second-order valence-electron chi connectivity index (χ2n) is 11.2. The maximum atomic E-state index is 14.9. The first kappa shape index (κ1) is 29.3. The predicted molar refractivity (Wildman–Crippen MR) is 135 cm³/mol. The number of ether oxygens (including phenoxy) is 3. The van der Waals surface area contributed by atoms with Crippen molar-refractivity contribution in [2.24, 2.45) is 5.41 Å². The lowest BCUT2D eigenvalue weighted by Crippen LogP contribution is -2.41. The van der Waals surface area contributed by atoms with Gasteiger partial charge in [0.05, 0.1) is 17.9 Å². The van der Waals surface area contributed by atoms with Gasteiger partial charge in [0.15, 0.2) is 6.61 Å². The molecule has 1 aliphatic carbocycles. The number of methoxy groups -OCH3 is 1. The Labute approximate surface area is 221 Å². The van der Waals surface area contributed by atoms with Crippen molar-refractivity contribution >= 4 is 17.8 Å². The van der Waals surface area contributed by atoms with Crippen LogP contribution in [0.25, 0.3) is 0 Å². The summed E-state index contributed by atoms with van der Waals surface area (Å²) in [6, 6.07) is 8.44. The number of hydrogen-bond donors (Lipinski definition) is 0. The number of halogens is 2. The first-order chi connectivity index (χ1) is 17.6. The predicted octanol–water partition coefficient (Wildman–Crippen LogP) is 5.13. The summed E-state index contributed by atoms with van der Waals surface area (Å²) in [6.07, 6.45) is 2.32. The molecular weight excluding hydrogens is 498 g/mol. The molecule has 2 aromatic rings. The zero-order valence-corrected chi connectivity index (χ0v) is 22.8. The molecular formula is C28H36F2N2O6. The van der Waals surface area contributed by atoms with Gasteiger partial charge >= 0.3 is 11.9 Å². The van der Waals surface area contributed by atoms with Crippen molar-refractivity contribution in [3.8, 4) is 5.88 Å². The Morgan fingerprint density at radius 2 is 1.76 bits per heavy atom. The van der Waals surface area contributed by atoms with E-state index in [9.17, 15) is 23.2 Å². The molecule has 3 rings (SSSR count). The van der Waals surface area contributed by atoms with Crippen molar-refractivity contribution in [2.75, 3.05) is 13.7 Å². The van der Waals surface area contributed by atoms with E-state index in [1.54, 1.807) is 45.9 Å². The fourth-order valence-corrected chi connectivity index (χ4v) is 4.23. The van der Waals surface area contributed by atoms with Crippen LogP contribution in [0, 0.1) is 5.41 Å². The molecule has 1 aliphatic rings. The molecule has 0 amide bonds. The summed E-state index contributed by atoms with van der Waals surface area (Å²) in [5.74, 6) is -4.65. The number of alkyl halides is 2. The second kappa shape index (κ2) is 10.8. The average Bonchev–Trinajstić information content (AvgIpc) is 3.45. The Balaban J connectivity index is 1.80. The molecule has 0 spiro atoms. The van der Waals surface area contributed by atoms with E-state index in [2.05, 4.69) is 5.10 Å². The highest BCUT2D eigenvalue weighted by Crippen LogP contribution is 2.49. The van der Waals surface area contributed by atoms with E-state index in [1.807, 2.05) is 6.07 Å². The first-order valence-electron chi connectivity index (χ1n) is 12.6. The highest BCUT2D eigenvalue weighted by molar-refractivity contribution is 5.83. The van der Waals surface area contributed by atoms with Crippen LogP contribution in [0.3, 0.4) is 0 Å². The zero-order chi connectivity index (χ0) is 28.4. The van der Waals surface area contributed by atoms with Crippen LogP contribution >= 0.6 is 0 Å². The van der Waals surface area contributed by atoms with Crippen LogP contribution in [0.1, 0.15) is 76.2 Å². The van der Waals surface area contributed by atoms with Gasteiger partial charge in [-0.25, -0.2) is 13.5 Å². The summed E-state index contributed by atoms with van der Waals surface area (Å²) < 4.78 is 46.6. The molecule has 1 unspecified atom stereocenters. The van der Waals surface area contributed by atoms with E-state index in [4.69, 9.17) is 14.2 Å². The molecule has 208 valence electrons. The summed E-state index contributed by atoms with van der Waals surface area (Å²) in [5, 5.41) is 3.80. The largest absolute Gasteiger partial charge is 0.470 e. The molecule has 38 heavy (non-hydrogen) atoms. The summed E-state index contributed by atoms with van der Waals surface area (Å²) in [7, 11) is 1.36. The Morgan fingerprint density at radius 3 is 2.32 bits per heavy atom. The molecule has 0 saturated heterocycles. The van der Waals surface area contributed by atoms with E-state index in [0.29, 0.717) is 24.8 Å². The van der Waals surface area contributed by atoms with Crippen LogP contribution in [-0.4, -0.2) is 52.9 Å². The van der Waals surface area contributed by atoms with Gasteiger partial charge in [-0.05, 0) is 64.5 Å². The van der Waals surface area contributed by atoms with Crippen molar-refractivity contribution < 1.29 is 37.4 Å². The number of carbonyl (C=O) groups excluding carboxylic acids is 3. The molecule has 0 radical (unpaired) electrons. The van der Waals surface area contributed by atoms with Gasteiger partial charge in [-0.3, -0.25) is 14.4 Å². The van der Waals surface area contributed by atoms with E-state index in [1.165, 1.54) is 26.3 Å². The lowest BCUT2D eigenvalue weighted by Gasteiger charge is -2.33. The Morgan fingerprint density at radius 1 is 1.08 bits per heavy atom. The summed E-state index contributed by atoms with van der Waals surface area (Å²) in [4.78, 5) is 37.0. The summed E-state index contributed by atoms with van der Waals surface area (Å²) in [5.41, 5.74) is -1.43. The van der Waals surface area contributed by atoms with Gasteiger partial charge in [-0.2, -0.15) is 0 Å². The van der Waals surface area contributed by atoms with Gasteiger partial charge in [-0.15, -0.1) is 5.10 Å². The third kappa shape index (κ3) is 7.17. The maximum Gasteiger partial charge on any atom is 0.316 e. The number of benzene rings is 1. The minimum absolute atomic E-state index is 0.0953. The molecule has 0 N–H and O–H groups in total. The van der Waals surface area contributed by atoms with Gasteiger partial charge in [-0.1, -0.05) is 24.3 Å². The minimum atomic E-state index is -3.29. The molecule has 1 aromatic heterocycles. The van der Waals surface area contributed by atoms with E-state index >= 15 is 0 Å². The third-order valence-corrected chi connectivity index (χ3v) is 6.74. The fraction of sp³-hybridized carbons (Fsp3) is 0.571.